The van der Waals surface area contributed by atoms with Crippen LogP contribution in [0.4, 0.5) is 5.69 Å². The Morgan fingerprint density at radius 1 is 1.11 bits per heavy atom. The zero-order valence-corrected chi connectivity index (χ0v) is 11.7. The van der Waals surface area contributed by atoms with Crippen molar-refractivity contribution < 1.29 is 4.79 Å². The summed E-state index contributed by atoms with van der Waals surface area (Å²) >= 11 is 3.36. The standard InChI is InChI=1S/C15H14BrNO/c1-11-4-2-3-5-12(11)10-15(18)17-14-8-6-13(16)7-9-14/h2-9H,10H2,1H3,(H,17,18). The van der Waals surface area contributed by atoms with E-state index >= 15 is 0 Å². The Morgan fingerprint density at radius 3 is 2.44 bits per heavy atom. The molecule has 0 aliphatic heterocycles. The van der Waals surface area contributed by atoms with Gasteiger partial charge in [-0.1, -0.05) is 40.2 Å². The quantitative estimate of drug-likeness (QED) is 0.914. The molecule has 1 amide bonds. The van der Waals surface area contributed by atoms with Gasteiger partial charge in [-0.15, -0.1) is 0 Å². The number of carbonyl (C=O) groups excluding carboxylic acids is 1. The summed E-state index contributed by atoms with van der Waals surface area (Å²) in [6.45, 7) is 2.02. The van der Waals surface area contributed by atoms with Crippen LogP contribution in [0.5, 0.6) is 0 Å². The fourth-order valence-corrected chi connectivity index (χ4v) is 1.98. The zero-order valence-electron chi connectivity index (χ0n) is 10.1. The number of hydrogen-bond donors (Lipinski definition) is 1. The number of nitrogens with one attached hydrogen (secondary N) is 1. The zero-order chi connectivity index (χ0) is 13.0. The van der Waals surface area contributed by atoms with Gasteiger partial charge in [0, 0.05) is 10.2 Å². The Morgan fingerprint density at radius 2 is 1.78 bits per heavy atom. The van der Waals surface area contributed by atoms with E-state index in [1.807, 2.05) is 55.5 Å². The van der Waals surface area contributed by atoms with Crippen LogP contribution >= 0.6 is 15.9 Å². The van der Waals surface area contributed by atoms with E-state index in [4.69, 9.17) is 0 Å². The van der Waals surface area contributed by atoms with Crippen LogP contribution in [0.25, 0.3) is 0 Å². The second-order valence-electron chi connectivity index (χ2n) is 4.16. The van der Waals surface area contributed by atoms with Crippen molar-refractivity contribution in [3.8, 4) is 0 Å². The lowest BCUT2D eigenvalue weighted by molar-refractivity contribution is -0.115. The number of amides is 1. The minimum Gasteiger partial charge on any atom is -0.326 e. The van der Waals surface area contributed by atoms with Crippen molar-refractivity contribution in [2.45, 2.75) is 13.3 Å². The van der Waals surface area contributed by atoms with Crippen molar-refractivity contribution in [3.05, 3.63) is 64.1 Å². The summed E-state index contributed by atoms with van der Waals surface area (Å²) in [5, 5.41) is 2.89. The van der Waals surface area contributed by atoms with Gasteiger partial charge in [0.1, 0.15) is 0 Å². The van der Waals surface area contributed by atoms with Crippen molar-refractivity contribution in [2.24, 2.45) is 0 Å². The molecule has 0 radical (unpaired) electrons. The molecular weight excluding hydrogens is 290 g/mol. The van der Waals surface area contributed by atoms with Gasteiger partial charge in [0.2, 0.25) is 5.91 Å². The molecule has 1 N–H and O–H groups in total. The van der Waals surface area contributed by atoms with E-state index < -0.39 is 0 Å². The summed E-state index contributed by atoms with van der Waals surface area (Å²) < 4.78 is 0.999. The van der Waals surface area contributed by atoms with Gasteiger partial charge >= 0.3 is 0 Å². The van der Waals surface area contributed by atoms with E-state index in [0.717, 1.165) is 21.3 Å². The first-order chi connectivity index (χ1) is 8.65. The van der Waals surface area contributed by atoms with Crippen LogP contribution in [-0.4, -0.2) is 5.91 Å². The van der Waals surface area contributed by atoms with Gasteiger partial charge in [-0.3, -0.25) is 4.79 Å². The summed E-state index contributed by atoms with van der Waals surface area (Å²) in [6.07, 6.45) is 0.405. The predicted molar refractivity (Wildman–Crippen MR) is 77.7 cm³/mol. The average molecular weight is 304 g/mol. The van der Waals surface area contributed by atoms with Gasteiger partial charge in [0.25, 0.3) is 0 Å². The third-order valence-electron chi connectivity index (χ3n) is 2.74. The number of halogens is 1. The lowest BCUT2D eigenvalue weighted by Crippen LogP contribution is -2.14. The van der Waals surface area contributed by atoms with E-state index in [-0.39, 0.29) is 5.91 Å². The lowest BCUT2D eigenvalue weighted by atomic mass is 10.1. The molecule has 0 unspecified atom stereocenters. The SMILES string of the molecule is Cc1ccccc1CC(=O)Nc1ccc(Br)cc1. The maximum atomic E-state index is 11.9. The normalized spacial score (nSPS) is 10.1. The number of rotatable bonds is 3. The Hall–Kier alpha value is -1.61. The number of anilines is 1. The maximum Gasteiger partial charge on any atom is 0.228 e. The molecule has 0 spiro atoms. The molecule has 18 heavy (non-hydrogen) atoms. The van der Waals surface area contributed by atoms with Crippen LogP contribution in [0.3, 0.4) is 0 Å². The van der Waals surface area contributed by atoms with Gasteiger partial charge < -0.3 is 5.32 Å². The van der Waals surface area contributed by atoms with E-state index in [2.05, 4.69) is 21.2 Å². The van der Waals surface area contributed by atoms with Crippen LogP contribution in [0, 0.1) is 6.92 Å². The molecule has 0 saturated carbocycles. The van der Waals surface area contributed by atoms with Crippen molar-refractivity contribution >= 4 is 27.5 Å². The fourth-order valence-electron chi connectivity index (χ4n) is 1.72. The summed E-state index contributed by atoms with van der Waals surface area (Å²) in [5.41, 5.74) is 3.02. The molecule has 2 aromatic rings. The van der Waals surface area contributed by atoms with Crippen LogP contribution in [0.1, 0.15) is 11.1 Å². The minimum atomic E-state index is 0.00613. The van der Waals surface area contributed by atoms with Gasteiger partial charge in [-0.25, -0.2) is 0 Å². The molecule has 92 valence electrons. The molecule has 0 saturated heterocycles. The van der Waals surface area contributed by atoms with Crippen molar-refractivity contribution in [1.29, 1.82) is 0 Å². The molecule has 2 rings (SSSR count). The topological polar surface area (TPSA) is 29.1 Å². The maximum absolute atomic E-state index is 11.9. The summed E-state index contributed by atoms with van der Waals surface area (Å²) in [6, 6.07) is 15.5. The summed E-state index contributed by atoms with van der Waals surface area (Å²) in [5.74, 6) is 0.00613. The highest BCUT2D eigenvalue weighted by Gasteiger charge is 2.05. The molecule has 0 aromatic heterocycles. The summed E-state index contributed by atoms with van der Waals surface area (Å²) in [4.78, 5) is 11.9. The molecule has 0 aliphatic rings. The molecular formula is C15H14BrNO. The van der Waals surface area contributed by atoms with Crippen LogP contribution < -0.4 is 5.32 Å². The van der Waals surface area contributed by atoms with Crippen LogP contribution in [0.15, 0.2) is 53.0 Å². The highest BCUT2D eigenvalue weighted by atomic mass is 79.9. The van der Waals surface area contributed by atoms with E-state index in [1.165, 1.54) is 0 Å². The first-order valence-electron chi connectivity index (χ1n) is 5.75. The van der Waals surface area contributed by atoms with Crippen LogP contribution in [0.2, 0.25) is 0 Å². The predicted octanol–water partition coefficient (Wildman–Crippen LogP) is 3.94. The summed E-state index contributed by atoms with van der Waals surface area (Å²) in [7, 11) is 0. The van der Waals surface area contributed by atoms with E-state index in [9.17, 15) is 4.79 Å². The Labute approximate surface area is 115 Å². The Balaban J connectivity index is 2.01. The van der Waals surface area contributed by atoms with Crippen molar-refractivity contribution in [1.82, 2.24) is 0 Å². The fraction of sp³-hybridized carbons (Fsp3) is 0.133. The van der Waals surface area contributed by atoms with Gasteiger partial charge in [-0.05, 0) is 42.3 Å². The Bertz CT molecular complexity index is 549. The third-order valence-corrected chi connectivity index (χ3v) is 3.27. The molecule has 0 heterocycles. The highest BCUT2D eigenvalue weighted by Crippen LogP contribution is 2.15. The molecule has 0 aliphatic carbocycles. The molecule has 2 aromatic carbocycles. The highest BCUT2D eigenvalue weighted by molar-refractivity contribution is 9.10. The molecule has 3 heteroatoms. The first-order valence-corrected chi connectivity index (χ1v) is 6.54. The van der Waals surface area contributed by atoms with Crippen molar-refractivity contribution in [3.63, 3.8) is 0 Å². The minimum absolute atomic E-state index is 0.00613. The smallest absolute Gasteiger partial charge is 0.228 e. The number of aryl methyl sites for hydroxylation is 1. The molecule has 0 fully saturated rings. The first kappa shape index (κ1) is 12.8. The molecule has 0 bridgehead atoms. The van der Waals surface area contributed by atoms with Crippen molar-refractivity contribution in [2.75, 3.05) is 5.32 Å². The number of benzene rings is 2. The second kappa shape index (κ2) is 5.83. The Kier molecular flexibility index (Phi) is 4.15. The largest absolute Gasteiger partial charge is 0.326 e. The average Bonchev–Trinajstić information content (AvgIpc) is 2.35. The van der Waals surface area contributed by atoms with Crippen LogP contribution in [-0.2, 0) is 11.2 Å². The van der Waals surface area contributed by atoms with E-state index in [0.29, 0.717) is 6.42 Å². The van der Waals surface area contributed by atoms with Gasteiger partial charge in [-0.2, -0.15) is 0 Å². The molecule has 2 nitrogen and oxygen atoms in total. The number of hydrogen-bond acceptors (Lipinski definition) is 1. The monoisotopic (exact) mass is 303 g/mol. The van der Waals surface area contributed by atoms with Gasteiger partial charge in [0.15, 0.2) is 0 Å². The van der Waals surface area contributed by atoms with E-state index in [1.54, 1.807) is 0 Å². The van der Waals surface area contributed by atoms with Gasteiger partial charge in [0.05, 0.1) is 6.42 Å². The molecule has 0 atom stereocenters. The lowest BCUT2D eigenvalue weighted by Gasteiger charge is -2.07. The second-order valence-corrected chi connectivity index (χ2v) is 5.07. The third kappa shape index (κ3) is 3.44. The number of carbonyl (C=O) groups is 1.